The monoisotopic (exact) mass is 342 g/mol. The molecule has 0 fully saturated rings. The number of carbonyl (C=O) groups excluding carboxylic acids is 1. The third-order valence-electron chi connectivity index (χ3n) is 3.31. The standard InChI is InChI=1S/C16H17F3N2O3/c1-10(24-9-16(17,18)19)15(22)20-8-11-7-14(23-2)21-13-6-4-3-5-12(11)13/h3-7,10H,8-9H2,1-2H3,(H,20,22). The van der Waals surface area contributed by atoms with Crippen LogP contribution in [-0.4, -0.2) is 36.9 Å². The van der Waals surface area contributed by atoms with Crippen LogP contribution in [0.4, 0.5) is 13.2 Å². The Bertz CT molecular complexity index is 719. The number of fused-ring (bicyclic) bond motifs is 1. The highest BCUT2D eigenvalue weighted by Gasteiger charge is 2.29. The highest BCUT2D eigenvalue weighted by molar-refractivity contribution is 5.84. The predicted octanol–water partition coefficient (Wildman–Crippen LogP) is 2.83. The Hall–Kier alpha value is -2.35. The summed E-state index contributed by atoms with van der Waals surface area (Å²) < 4.78 is 46.0. The van der Waals surface area contributed by atoms with E-state index < -0.39 is 24.8 Å². The lowest BCUT2D eigenvalue weighted by molar-refractivity contribution is -0.185. The summed E-state index contributed by atoms with van der Waals surface area (Å²) >= 11 is 0. The summed E-state index contributed by atoms with van der Waals surface area (Å²) in [6, 6.07) is 8.97. The molecule has 0 saturated carbocycles. The Morgan fingerprint density at radius 1 is 1.33 bits per heavy atom. The number of carbonyl (C=O) groups is 1. The molecule has 5 nitrogen and oxygen atoms in total. The van der Waals surface area contributed by atoms with E-state index >= 15 is 0 Å². The fourth-order valence-electron chi connectivity index (χ4n) is 2.09. The number of methoxy groups -OCH3 is 1. The van der Waals surface area contributed by atoms with Crippen LogP contribution in [0.25, 0.3) is 10.9 Å². The van der Waals surface area contributed by atoms with Crippen molar-refractivity contribution in [3.63, 3.8) is 0 Å². The number of ether oxygens (including phenoxy) is 2. The van der Waals surface area contributed by atoms with Crippen molar-refractivity contribution in [2.24, 2.45) is 0 Å². The molecule has 0 radical (unpaired) electrons. The third kappa shape index (κ3) is 4.82. The molecule has 8 heteroatoms. The maximum Gasteiger partial charge on any atom is 0.411 e. The van der Waals surface area contributed by atoms with E-state index in [9.17, 15) is 18.0 Å². The van der Waals surface area contributed by atoms with Crippen LogP contribution in [0.1, 0.15) is 12.5 Å². The van der Waals surface area contributed by atoms with Crippen LogP contribution in [0, 0.1) is 0 Å². The van der Waals surface area contributed by atoms with Gasteiger partial charge in [-0.3, -0.25) is 4.79 Å². The molecule has 1 atom stereocenters. The van der Waals surface area contributed by atoms with Gasteiger partial charge in [-0.2, -0.15) is 13.2 Å². The second kappa shape index (κ2) is 7.48. The van der Waals surface area contributed by atoms with Gasteiger partial charge >= 0.3 is 6.18 Å². The van der Waals surface area contributed by atoms with Gasteiger partial charge in [-0.25, -0.2) is 4.98 Å². The zero-order valence-electron chi connectivity index (χ0n) is 13.2. The van der Waals surface area contributed by atoms with Gasteiger partial charge in [0.15, 0.2) is 0 Å². The molecule has 1 N–H and O–H groups in total. The molecule has 0 spiro atoms. The van der Waals surface area contributed by atoms with E-state index in [1.807, 2.05) is 18.2 Å². The number of amides is 1. The zero-order valence-corrected chi connectivity index (χ0v) is 13.2. The second-order valence-electron chi connectivity index (χ2n) is 5.13. The van der Waals surface area contributed by atoms with Crippen molar-refractivity contribution in [3.05, 3.63) is 35.9 Å². The largest absolute Gasteiger partial charge is 0.481 e. The van der Waals surface area contributed by atoms with E-state index in [1.54, 1.807) is 12.1 Å². The molecule has 1 aromatic carbocycles. The first-order valence-corrected chi connectivity index (χ1v) is 7.19. The summed E-state index contributed by atoms with van der Waals surface area (Å²) in [6.45, 7) is -0.0716. The molecule has 1 unspecified atom stereocenters. The number of rotatable bonds is 6. The molecular weight excluding hydrogens is 325 g/mol. The van der Waals surface area contributed by atoms with E-state index in [1.165, 1.54) is 14.0 Å². The van der Waals surface area contributed by atoms with E-state index in [2.05, 4.69) is 15.0 Å². The fraction of sp³-hybridized carbons (Fsp3) is 0.375. The van der Waals surface area contributed by atoms with Gasteiger partial charge < -0.3 is 14.8 Å². The number of hydrogen-bond acceptors (Lipinski definition) is 4. The minimum absolute atomic E-state index is 0.123. The first-order chi connectivity index (χ1) is 11.3. The number of pyridine rings is 1. The van der Waals surface area contributed by atoms with Crippen LogP contribution in [0.2, 0.25) is 0 Å². The topological polar surface area (TPSA) is 60.5 Å². The minimum atomic E-state index is -4.47. The van der Waals surface area contributed by atoms with Crippen LogP contribution in [-0.2, 0) is 16.1 Å². The SMILES string of the molecule is COc1cc(CNC(=O)C(C)OCC(F)(F)F)c2ccccc2n1. The molecule has 0 bridgehead atoms. The Balaban J connectivity index is 2.06. The van der Waals surface area contributed by atoms with E-state index in [0.29, 0.717) is 11.4 Å². The Morgan fingerprint density at radius 2 is 2.04 bits per heavy atom. The van der Waals surface area contributed by atoms with Crippen molar-refractivity contribution in [2.45, 2.75) is 25.7 Å². The molecule has 2 rings (SSSR count). The number of nitrogens with one attached hydrogen (secondary N) is 1. The Morgan fingerprint density at radius 3 is 2.71 bits per heavy atom. The summed E-state index contributed by atoms with van der Waals surface area (Å²) in [4.78, 5) is 16.2. The molecule has 0 aliphatic rings. The van der Waals surface area contributed by atoms with Crippen molar-refractivity contribution in [1.82, 2.24) is 10.3 Å². The van der Waals surface area contributed by atoms with Crippen LogP contribution in [0.3, 0.4) is 0 Å². The van der Waals surface area contributed by atoms with E-state index in [4.69, 9.17) is 4.74 Å². The van der Waals surface area contributed by atoms with Gasteiger partial charge in [0.2, 0.25) is 11.8 Å². The number of halogens is 3. The van der Waals surface area contributed by atoms with Gasteiger partial charge in [-0.1, -0.05) is 18.2 Å². The van der Waals surface area contributed by atoms with Crippen molar-refractivity contribution in [1.29, 1.82) is 0 Å². The summed E-state index contributed by atoms with van der Waals surface area (Å²) in [5.74, 6) is -0.238. The Labute approximate surface area is 136 Å². The predicted molar refractivity (Wildman–Crippen MR) is 81.6 cm³/mol. The average molecular weight is 342 g/mol. The van der Waals surface area contributed by atoms with E-state index in [-0.39, 0.29) is 6.54 Å². The van der Waals surface area contributed by atoms with Crippen LogP contribution in [0.15, 0.2) is 30.3 Å². The normalized spacial score (nSPS) is 12.9. The lowest BCUT2D eigenvalue weighted by Gasteiger charge is -2.15. The maximum absolute atomic E-state index is 12.1. The van der Waals surface area contributed by atoms with Gasteiger partial charge in [0.1, 0.15) is 12.7 Å². The zero-order chi connectivity index (χ0) is 17.7. The van der Waals surface area contributed by atoms with Gasteiger partial charge in [-0.05, 0) is 18.6 Å². The molecule has 0 aliphatic carbocycles. The van der Waals surface area contributed by atoms with Crippen molar-refractivity contribution < 1.29 is 27.4 Å². The Kier molecular flexibility index (Phi) is 5.61. The summed E-state index contributed by atoms with van der Waals surface area (Å²) in [5, 5.41) is 3.39. The highest BCUT2D eigenvalue weighted by Crippen LogP contribution is 2.22. The number of aromatic nitrogens is 1. The smallest absolute Gasteiger partial charge is 0.411 e. The molecule has 0 saturated heterocycles. The van der Waals surface area contributed by atoms with Crippen molar-refractivity contribution >= 4 is 16.8 Å². The summed E-state index contributed by atoms with van der Waals surface area (Å²) in [6.07, 6.45) is -5.68. The molecule has 1 aromatic heterocycles. The lowest BCUT2D eigenvalue weighted by Crippen LogP contribution is -2.36. The number of nitrogens with zero attached hydrogens (tertiary/aromatic N) is 1. The number of benzene rings is 1. The molecule has 2 aromatic rings. The van der Waals surface area contributed by atoms with Crippen molar-refractivity contribution in [3.8, 4) is 5.88 Å². The second-order valence-corrected chi connectivity index (χ2v) is 5.13. The molecule has 0 aliphatic heterocycles. The quantitative estimate of drug-likeness (QED) is 0.877. The number of hydrogen-bond donors (Lipinski definition) is 1. The van der Waals surface area contributed by atoms with Crippen LogP contribution < -0.4 is 10.1 Å². The number of para-hydroxylation sites is 1. The first-order valence-electron chi connectivity index (χ1n) is 7.19. The van der Waals surface area contributed by atoms with Gasteiger partial charge in [0.25, 0.3) is 0 Å². The van der Waals surface area contributed by atoms with Gasteiger partial charge in [-0.15, -0.1) is 0 Å². The lowest BCUT2D eigenvalue weighted by atomic mass is 10.1. The maximum atomic E-state index is 12.1. The molecule has 1 heterocycles. The molecular formula is C16H17F3N2O3. The molecule has 130 valence electrons. The minimum Gasteiger partial charge on any atom is -0.481 e. The fourth-order valence-corrected chi connectivity index (χ4v) is 2.09. The number of alkyl halides is 3. The summed E-state index contributed by atoms with van der Waals surface area (Å²) in [5.41, 5.74) is 1.44. The van der Waals surface area contributed by atoms with Gasteiger partial charge in [0, 0.05) is 18.0 Å². The average Bonchev–Trinajstić information content (AvgIpc) is 2.56. The van der Waals surface area contributed by atoms with Gasteiger partial charge in [0.05, 0.1) is 12.6 Å². The highest BCUT2D eigenvalue weighted by atomic mass is 19.4. The van der Waals surface area contributed by atoms with Crippen LogP contribution in [0.5, 0.6) is 5.88 Å². The third-order valence-corrected chi connectivity index (χ3v) is 3.31. The van der Waals surface area contributed by atoms with Crippen molar-refractivity contribution in [2.75, 3.05) is 13.7 Å². The van der Waals surface area contributed by atoms with E-state index in [0.717, 1.165) is 10.9 Å². The first kappa shape index (κ1) is 18.0. The van der Waals surface area contributed by atoms with Crippen LogP contribution >= 0.6 is 0 Å². The molecule has 1 amide bonds. The summed E-state index contributed by atoms with van der Waals surface area (Å²) in [7, 11) is 1.48. The molecule has 24 heavy (non-hydrogen) atoms.